The van der Waals surface area contributed by atoms with Gasteiger partial charge in [-0.15, -0.1) is 0 Å². The van der Waals surface area contributed by atoms with Gasteiger partial charge in [0.2, 0.25) is 0 Å². The number of nitro benzene ring substituents is 1. The zero-order chi connectivity index (χ0) is 15.4. The normalized spacial score (nSPS) is 11.7. The third kappa shape index (κ3) is 3.42. The number of phenols is 1. The van der Waals surface area contributed by atoms with Crippen LogP contribution >= 0.6 is 0 Å². The van der Waals surface area contributed by atoms with Crippen LogP contribution in [0.4, 0.5) is 11.4 Å². The topological polar surface area (TPSA) is 84.6 Å². The van der Waals surface area contributed by atoms with Gasteiger partial charge in [-0.2, -0.15) is 0 Å². The Morgan fingerprint density at radius 1 is 1.29 bits per heavy atom. The fraction of sp³-hybridized carbons (Fsp3) is 0.200. The van der Waals surface area contributed by atoms with Crippen LogP contribution < -0.4 is 10.1 Å². The summed E-state index contributed by atoms with van der Waals surface area (Å²) in [5, 5.41) is 23.6. The number of benzene rings is 2. The number of anilines is 1. The molecule has 0 aromatic heterocycles. The Hall–Kier alpha value is -2.76. The molecule has 0 aliphatic rings. The number of ether oxygens (including phenoxy) is 1. The van der Waals surface area contributed by atoms with E-state index in [1.165, 1.54) is 13.2 Å². The lowest BCUT2D eigenvalue weighted by Crippen LogP contribution is -2.07. The summed E-state index contributed by atoms with van der Waals surface area (Å²) < 4.78 is 4.96. The van der Waals surface area contributed by atoms with E-state index in [1.807, 2.05) is 13.0 Å². The summed E-state index contributed by atoms with van der Waals surface area (Å²) in [6.07, 6.45) is 0. The average molecular weight is 288 g/mol. The summed E-state index contributed by atoms with van der Waals surface area (Å²) in [6, 6.07) is 11.4. The fourth-order valence-corrected chi connectivity index (χ4v) is 2.05. The van der Waals surface area contributed by atoms with Gasteiger partial charge in [-0.05, 0) is 36.8 Å². The van der Waals surface area contributed by atoms with Crippen LogP contribution in [0.2, 0.25) is 0 Å². The van der Waals surface area contributed by atoms with Crippen molar-refractivity contribution in [2.24, 2.45) is 0 Å². The number of methoxy groups -OCH3 is 1. The van der Waals surface area contributed by atoms with E-state index in [-0.39, 0.29) is 23.2 Å². The third-order valence-corrected chi connectivity index (χ3v) is 3.13. The predicted octanol–water partition coefficient (Wildman–Crippen LogP) is 3.48. The molecule has 0 saturated carbocycles. The lowest BCUT2D eigenvalue weighted by Gasteiger charge is -2.16. The smallest absolute Gasteiger partial charge is 0.312 e. The maximum Gasteiger partial charge on any atom is 0.312 e. The minimum absolute atomic E-state index is 0.0920. The molecule has 0 bridgehead atoms. The molecule has 2 rings (SSSR count). The van der Waals surface area contributed by atoms with Crippen molar-refractivity contribution in [2.75, 3.05) is 12.4 Å². The monoisotopic (exact) mass is 288 g/mol. The van der Waals surface area contributed by atoms with Crippen molar-refractivity contribution in [3.63, 3.8) is 0 Å². The van der Waals surface area contributed by atoms with Gasteiger partial charge in [0.1, 0.15) is 5.75 Å². The number of nitro groups is 1. The highest BCUT2D eigenvalue weighted by atomic mass is 16.6. The molecule has 6 heteroatoms. The second-order valence-electron chi connectivity index (χ2n) is 4.60. The molecule has 0 aliphatic heterocycles. The van der Waals surface area contributed by atoms with E-state index in [4.69, 9.17) is 4.74 Å². The van der Waals surface area contributed by atoms with Crippen LogP contribution in [0.15, 0.2) is 42.5 Å². The second kappa shape index (κ2) is 6.13. The zero-order valence-electron chi connectivity index (χ0n) is 11.7. The first kappa shape index (κ1) is 14.6. The van der Waals surface area contributed by atoms with Crippen molar-refractivity contribution >= 4 is 11.4 Å². The Morgan fingerprint density at radius 3 is 2.67 bits per heavy atom. The van der Waals surface area contributed by atoms with E-state index < -0.39 is 4.92 Å². The predicted molar refractivity (Wildman–Crippen MR) is 79.8 cm³/mol. The summed E-state index contributed by atoms with van der Waals surface area (Å²) in [5.74, 6) is 0.400. The van der Waals surface area contributed by atoms with Crippen molar-refractivity contribution in [3.05, 3.63) is 58.1 Å². The van der Waals surface area contributed by atoms with Gasteiger partial charge in [0.25, 0.3) is 0 Å². The number of aromatic hydroxyl groups is 1. The minimum Gasteiger partial charge on any atom is -0.508 e. The molecule has 0 aliphatic carbocycles. The lowest BCUT2D eigenvalue weighted by atomic mass is 10.1. The number of rotatable bonds is 5. The van der Waals surface area contributed by atoms with E-state index in [2.05, 4.69) is 5.32 Å². The van der Waals surface area contributed by atoms with Gasteiger partial charge in [0.15, 0.2) is 5.75 Å². The number of hydrogen-bond acceptors (Lipinski definition) is 5. The Balaban J connectivity index is 2.23. The van der Waals surface area contributed by atoms with Crippen molar-refractivity contribution in [3.8, 4) is 11.5 Å². The molecule has 1 atom stereocenters. The summed E-state index contributed by atoms with van der Waals surface area (Å²) in [7, 11) is 1.39. The SMILES string of the molecule is COc1ccc(NC(C)c2cccc(O)c2)cc1[N+](=O)[O-]. The summed E-state index contributed by atoms with van der Waals surface area (Å²) >= 11 is 0. The first-order valence-corrected chi connectivity index (χ1v) is 6.39. The van der Waals surface area contributed by atoms with E-state index in [9.17, 15) is 15.2 Å². The molecule has 1 unspecified atom stereocenters. The third-order valence-electron chi connectivity index (χ3n) is 3.13. The molecule has 0 spiro atoms. The maximum atomic E-state index is 11.0. The van der Waals surface area contributed by atoms with Gasteiger partial charge < -0.3 is 15.2 Å². The Labute approximate surface area is 122 Å². The quantitative estimate of drug-likeness (QED) is 0.650. The summed E-state index contributed by atoms with van der Waals surface area (Å²) in [5.41, 5.74) is 1.40. The Kier molecular flexibility index (Phi) is 4.27. The standard InChI is InChI=1S/C15H16N2O4/c1-10(11-4-3-5-13(18)8-11)16-12-6-7-15(21-2)14(9-12)17(19)20/h3-10,16,18H,1-2H3. The molecule has 0 amide bonds. The molecule has 110 valence electrons. The largest absolute Gasteiger partial charge is 0.508 e. The maximum absolute atomic E-state index is 11.0. The van der Waals surface area contributed by atoms with Gasteiger partial charge in [0.05, 0.1) is 12.0 Å². The van der Waals surface area contributed by atoms with Crippen LogP contribution in [-0.4, -0.2) is 17.1 Å². The van der Waals surface area contributed by atoms with Crippen LogP contribution in [0.3, 0.4) is 0 Å². The van der Waals surface area contributed by atoms with Crippen molar-refractivity contribution in [1.82, 2.24) is 0 Å². The molecule has 2 aromatic carbocycles. The second-order valence-corrected chi connectivity index (χ2v) is 4.60. The molecule has 6 nitrogen and oxygen atoms in total. The molecule has 21 heavy (non-hydrogen) atoms. The Morgan fingerprint density at radius 2 is 2.05 bits per heavy atom. The molecule has 0 heterocycles. The first-order chi connectivity index (χ1) is 10.0. The highest BCUT2D eigenvalue weighted by Gasteiger charge is 2.16. The van der Waals surface area contributed by atoms with Crippen LogP contribution in [0.5, 0.6) is 11.5 Å². The van der Waals surface area contributed by atoms with Crippen molar-refractivity contribution in [2.45, 2.75) is 13.0 Å². The van der Waals surface area contributed by atoms with Crippen molar-refractivity contribution in [1.29, 1.82) is 0 Å². The average Bonchev–Trinajstić information content (AvgIpc) is 2.47. The van der Waals surface area contributed by atoms with Gasteiger partial charge in [0, 0.05) is 17.8 Å². The van der Waals surface area contributed by atoms with Crippen LogP contribution in [0.1, 0.15) is 18.5 Å². The van der Waals surface area contributed by atoms with Crippen LogP contribution in [0.25, 0.3) is 0 Å². The molecule has 0 radical (unpaired) electrons. The summed E-state index contributed by atoms with van der Waals surface area (Å²) in [4.78, 5) is 10.5. The first-order valence-electron chi connectivity index (χ1n) is 6.39. The molecule has 2 N–H and O–H groups in total. The van der Waals surface area contributed by atoms with Gasteiger partial charge in [-0.3, -0.25) is 10.1 Å². The highest BCUT2D eigenvalue weighted by molar-refractivity contribution is 5.59. The van der Waals surface area contributed by atoms with E-state index in [0.29, 0.717) is 5.69 Å². The highest BCUT2D eigenvalue weighted by Crippen LogP contribution is 2.31. The van der Waals surface area contributed by atoms with E-state index >= 15 is 0 Å². The zero-order valence-corrected chi connectivity index (χ0v) is 11.7. The molecule has 2 aromatic rings. The van der Waals surface area contributed by atoms with Gasteiger partial charge >= 0.3 is 5.69 Å². The number of nitrogens with one attached hydrogen (secondary N) is 1. The molecule has 0 fully saturated rings. The van der Waals surface area contributed by atoms with Gasteiger partial charge in [-0.25, -0.2) is 0 Å². The van der Waals surface area contributed by atoms with E-state index in [0.717, 1.165) is 5.56 Å². The fourth-order valence-electron chi connectivity index (χ4n) is 2.05. The minimum atomic E-state index is -0.483. The number of phenolic OH excluding ortho intramolecular Hbond substituents is 1. The Bertz CT molecular complexity index is 658. The van der Waals surface area contributed by atoms with Crippen LogP contribution in [-0.2, 0) is 0 Å². The lowest BCUT2D eigenvalue weighted by molar-refractivity contribution is -0.385. The summed E-state index contributed by atoms with van der Waals surface area (Å²) in [6.45, 7) is 1.91. The molecular formula is C15H16N2O4. The van der Waals surface area contributed by atoms with Crippen LogP contribution in [0, 0.1) is 10.1 Å². The number of nitrogens with zero attached hydrogens (tertiary/aromatic N) is 1. The number of hydrogen-bond donors (Lipinski definition) is 2. The van der Waals surface area contributed by atoms with Crippen molar-refractivity contribution < 1.29 is 14.8 Å². The molecular weight excluding hydrogens is 272 g/mol. The molecule has 0 saturated heterocycles. The van der Waals surface area contributed by atoms with Gasteiger partial charge in [-0.1, -0.05) is 12.1 Å². The van der Waals surface area contributed by atoms with E-state index in [1.54, 1.807) is 30.3 Å².